The molecule has 1 fully saturated rings. The SMILES string of the molecule is CCCCCCCCC[C@H](O)CC[C@@H]1[C@H]2Cc3cccc(OCC(=O)O)c3C[C@H]2C[C@H]1OC(=O)[C@H](C)O. The molecule has 0 unspecified atom stereocenters. The van der Waals surface area contributed by atoms with Gasteiger partial charge in [0.1, 0.15) is 18.0 Å². The predicted octanol–water partition coefficient (Wildman–Crippen LogP) is 5.08. The summed E-state index contributed by atoms with van der Waals surface area (Å²) < 4.78 is 11.3. The lowest BCUT2D eigenvalue weighted by molar-refractivity contribution is -0.160. The molecule has 37 heavy (non-hydrogen) atoms. The minimum absolute atomic E-state index is 0.119. The van der Waals surface area contributed by atoms with E-state index in [0.29, 0.717) is 24.5 Å². The summed E-state index contributed by atoms with van der Waals surface area (Å²) in [5.41, 5.74) is 2.20. The molecule has 6 atom stereocenters. The molecular formula is C30H46O7. The van der Waals surface area contributed by atoms with E-state index in [-0.39, 0.29) is 30.7 Å². The Bertz CT molecular complexity index is 867. The van der Waals surface area contributed by atoms with E-state index in [1.54, 1.807) is 0 Å². The summed E-state index contributed by atoms with van der Waals surface area (Å²) >= 11 is 0. The van der Waals surface area contributed by atoms with Gasteiger partial charge >= 0.3 is 11.9 Å². The quantitative estimate of drug-likeness (QED) is 0.207. The molecular weight excluding hydrogens is 472 g/mol. The number of esters is 1. The van der Waals surface area contributed by atoms with Gasteiger partial charge in [-0.05, 0) is 80.4 Å². The molecule has 3 N–H and O–H groups in total. The fourth-order valence-corrected chi connectivity index (χ4v) is 6.30. The van der Waals surface area contributed by atoms with Crippen molar-refractivity contribution >= 4 is 11.9 Å². The van der Waals surface area contributed by atoms with Crippen molar-refractivity contribution in [2.24, 2.45) is 17.8 Å². The number of aliphatic carboxylic acids is 1. The first-order chi connectivity index (χ1) is 17.8. The molecule has 3 rings (SSSR count). The number of aliphatic hydroxyl groups is 2. The molecule has 0 aliphatic heterocycles. The van der Waals surface area contributed by atoms with Crippen LogP contribution in [0.5, 0.6) is 5.75 Å². The number of hydrogen-bond donors (Lipinski definition) is 3. The lowest BCUT2D eigenvalue weighted by Crippen LogP contribution is -2.32. The molecule has 7 nitrogen and oxygen atoms in total. The van der Waals surface area contributed by atoms with E-state index >= 15 is 0 Å². The van der Waals surface area contributed by atoms with Gasteiger partial charge in [-0.15, -0.1) is 0 Å². The van der Waals surface area contributed by atoms with Gasteiger partial charge in [0.05, 0.1) is 6.10 Å². The van der Waals surface area contributed by atoms with Crippen LogP contribution in [0.25, 0.3) is 0 Å². The van der Waals surface area contributed by atoms with Crippen LogP contribution in [0.3, 0.4) is 0 Å². The maximum Gasteiger partial charge on any atom is 0.341 e. The van der Waals surface area contributed by atoms with E-state index in [0.717, 1.165) is 49.7 Å². The van der Waals surface area contributed by atoms with E-state index in [1.165, 1.54) is 39.0 Å². The normalized spacial score (nSPS) is 24.1. The Balaban J connectivity index is 1.61. The number of carboxylic acids is 1. The minimum Gasteiger partial charge on any atom is -0.482 e. The highest BCUT2D eigenvalue weighted by Gasteiger charge is 2.47. The molecule has 0 radical (unpaired) electrons. The Morgan fingerprint density at radius 3 is 2.46 bits per heavy atom. The zero-order valence-electron chi connectivity index (χ0n) is 22.6. The van der Waals surface area contributed by atoms with Crippen molar-refractivity contribution in [1.29, 1.82) is 0 Å². The maximum atomic E-state index is 12.3. The van der Waals surface area contributed by atoms with Gasteiger partial charge < -0.3 is 24.8 Å². The van der Waals surface area contributed by atoms with Crippen molar-refractivity contribution in [1.82, 2.24) is 0 Å². The topological polar surface area (TPSA) is 113 Å². The van der Waals surface area contributed by atoms with Crippen LogP contribution in [-0.2, 0) is 27.2 Å². The molecule has 2 aliphatic rings. The number of hydrogen-bond acceptors (Lipinski definition) is 6. The van der Waals surface area contributed by atoms with Crippen molar-refractivity contribution in [3.05, 3.63) is 29.3 Å². The molecule has 0 saturated heterocycles. The Labute approximate surface area is 221 Å². The van der Waals surface area contributed by atoms with Crippen LogP contribution >= 0.6 is 0 Å². The van der Waals surface area contributed by atoms with Gasteiger partial charge in [-0.3, -0.25) is 0 Å². The third kappa shape index (κ3) is 8.71. The first-order valence-corrected chi connectivity index (χ1v) is 14.3. The van der Waals surface area contributed by atoms with Gasteiger partial charge in [-0.1, -0.05) is 64.0 Å². The fourth-order valence-electron chi connectivity index (χ4n) is 6.30. The lowest BCUT2D eigenvalue weighted by atomic mass is 9.73. The number of carbonyl (C=O) groups is 2. The molecule has 2 aliphatic carbocycles. The maximum absolute atomic E-state index is 12.3. The van der Waals surface area contributed by atoms with Crippen molar-refractivity contribution in [3.8, 4) is 5.75 Å². The molecule has 1 saturated carbocycles. The summed E-state index contributed by atoms with van der Waals surface area (Å²) in [4.78, 5) is 23.3. The van der Waals surface area contributed by atoms with Crippen LogP contribution in [0.1, 0.15) is 95.6 Å². The van der Waals surface area contributed by atoms with Crippen LogP contribution in [0.4, 0.5) is 0 Å². The predicted molar refractivity (Wildman–Crippen MR) is 141 cm³/mol. The number of rotatable bonds is 16. The van der Waals surface area contributed by atoms with Gasteiger partial charge in [0, 0.05) is 0 Å². The Morgan fingerprint density at radius 2 is 1.76 bits per heavy atom. The minimum atomic E-state index is -1.17. The van der Waals surface area contributed by atoms with Crippen molar-refractivity contribution in [2.45, 2.75) is 116 Å². The molecule has 0 bridgehead atoms. The fraction of sp³-hybridized carbons (Fsp3) is 0.733. The van der Waals surface area contributed by atoms with Crippen LogP contribution in [0.2, 0.25) is 0 Å². The number of aliphatic hydroxyl groups excluding tert-OH is 2. The van der Waals surface area contributed by atoms with Crippen LogP contribution in [0, 0.1) is 17.8 Å². The highest BCUT2D eigenvalue weighted by Crippen LogP contribution is 2.49. The highest BCUT2D eigenvalue weighted by atomic mass is 16.6. The standard InChI is InChI=1S/C30H46O7/c1-3-4-5-6-7-8-9-12-23(32)14-15-24-25-16-21-11-10-13-27(36-19-29(33)34)26(21)17-22(25)18-28(24)37-30(35)20(2)31/h10-11,13,20,22-25,28,31-32H,3-9,12,14-19H2,1-2H3,(H,33,34)/t20-,22-,23-,24+,25-,28+/m0/s1. The van der Waals surface area contributed by atoms with Crippen molar-refractivity contribution < 1.29 is 34.4 Å². The molecule has 0 spiro atoms. The van der Waals surface area contributed by atoms with E-state index in [1.807, 2.05) is 12.1 Å². The van der Waals surface area contributed by atoms with E-state index in [2.05, 4.69) is 13.0 Å². The number of fused-ring (bicyclic) bond motifs is 2. The first kappa shape index (κ1) is 29.4. The Kier molecular flexibility index (Phi) is 11.7. The summed E-state index contributed by atoms with van der Waals surface area (Å²) in [7, 11) is 0. The number of ether oxygens (including phenoxy) is 2. The number of unbranched alkanes of at least 4 members (excludes halogenated alkanes) is 6. The molecule has 7 heteroatoms. The molecule has 0 heterocycles. The van der Waals surface area contributed by atoms with Gasteiger partial charge in [0.2, 0.25) is 0 Å². The number of benzene rings is 1. The average molecular weight is 519 g/mol. The zero-order chi connectivity index (χ0) is 26.8. The molecule has 208 valence electrons. The third-order valence-electron chi connectivity index (χ3n) is 8.25. The van der Waals surface area contributed by atoms with E-state index in [4.69, 9.17) is 14.6 Å². The van der Waals surface area contributed by atoms with Gasteiger partial charge in [-0.25, -0.2) is 9.59 Å². The number of carbonyl (C=O) groups excluding carboxylic acids is 1. The summed E-state index contributed by atoms with van der Waals surface area (Å²) in [5.74, 6) is -0.288. The van der Waals surface area contributed by atoms with Crippen LogP contribution in [0.15, 0.2) is 18.2 Å². The Hall–Kier alpha value is -2.12. The molecule has 1 aromatic rings. The summed E-state index contributed by atoms with van der Waals surface area (Å²) in [6, 6.07) is 5.79. The van der Waals surface area contributed by atoms with Crippen molar-refractivity contribution in [2.75, 3.05) is 6.61 Å². The summed E-state index contributed by atoms with van der Waals surface area (Å²) in [6.45, 7) is 3.27. The van der Waals surface area contributed by atoms with Gasteiger partial charge in [-0.2, -0.15) is 0 Å². The van der Waals surface area contributed by atoms with Gasteiger partial charge in [0.25, 0.3) is 0 Å². The zero-order valence-corrected chi connectivity index (χ0v) is 22.6. The smallest absolute Gasteiger partial charge is 0.341 e. The van der Waals surface area contributed by atoms with Gasteiger partial charge in [0.15, 0.2) is 6.61 Å². The largest absolute Gasteiger partial charge is 0.482 e. The third-order valence-corrected chi connectivity index (χ3v) is 8.25. The lowest BCUT2D eigenvalue weighted by Gasteiger charge is -2.32. The number of carboxylic acid groups (broad SMARTS) is 1. The summed E-state index contributed by atoms with van der Waals surface area (Å²) in [6.07, 6.45) is 11.3. The molecule has 0 aromatic heterocycles. The summed E-state index contributed by atoms with van der Waals surface area (Å²) in [5, 5.41) is 29.5. The van der Waals surface area contributed by atoms with Crippen LogP contribution < -0.4 is 4.74 Å². The second kappa shape index (κ2) is 14.7. The van der Waals surface area contributed by atoms with E-state index < -0.39 is 18.0 Å². The average Bonchev–Trinajstić information content (AvgIpc) is 3.19. The van der Waals surface area contributed by atoms with Crippen LogP contribution in [-0.4, -0.2) is 52.2 Å². The second-order valence-corrected chi connectivity index (χ2v) is 11.1. The monoisotopic (exact) mass is 518 g/mol. The molecule has 0 amide bonds. The Morgan fingerprint density at radius 1 is 1.03 bits per heavy atom. The molecule has 1 aromatic carbocycles. The van der Waals surface area contributed by atoms with Crippen molar-refractivity contribution in [3.63, 3.8) is 0 Å². The van der Waals surface area contributed by atoms with E-state index in [9.17, 15) is 19.8 Å². The highest BCUT2D eigenvalue weighted by molar-refractivity contribution is 5.74. The first-order valence-electron chi connectivity index (χ1n) is 14.3. The second-order valence-electron chi connectivity index (χ2n) is 11.1.